The molecule has 46 heavy (non-hydrogen) atoms. The molecule has 8 heteroatoms. The Kier molecular flexibility index (Phi) is 7.54. The summed E-state index contributed by atoms with van der Waals surface area (Å²) >= 11 is 0. The molecule has 1 saturated carbocycles. The quantitative estimate of drug-likeness (QED) is 0.173. The Balaban J connectivity index is 1.58. The van der Waals surface area contributed by atoms with E-state index in [0.717, 1.165) is 12.0 Å². The number of phenolic OH excluding ortho intramolecular Hbond substituents is 1. The Bertz CT molecular complexity index is 1690. The molecule has 3 heterocycles. The minimum absolute atomic E-state index is 0.0454. The van der Waals surface area contributed by atoms with Crippen LogP contribution < -0.4 is 9.47 Å². The van der Waals surface area contributed by atoms with Gasteiger partial charge in [-0.3, -0.25) is 14.4 Å². The largest absolute Gasteiger partial charge is 0.506 e. The maximum absolute atomic E-state index is 14.7. The van der Waals surface area contributed by atoms with Crippen LogP contribution >= 0.6 is 0 Å². The molecule has 0 radical (unpaired) electrons. The average molecular weight is 629 g/mol. The Morgan fingerprint density at radius 1 is 1.02 bits per heavy atom. The van der Waals surface area contributed by atoms with E-state index in [-0.39, 0.29) is 41.0 Å². The number of ether oxygens (including phenoxy) is 4. The van der Waals surface area contributed by atoms with Crippen LogP contribution in [0.4, 0.5) is 0 Å². The molecule has 3 aliphatic heterocycles. The van der Waals surface area contributed by atoms with Gasteiger partial charge in [-0.1, -0.05) is 29.4 Å². The van der Waals surface area contributed by atoms with Crippen LogP contribution in [-0.4, -0.2) is 45.5 Å². The van der Waals surface area contributed by atoms with Gasteiger partial charge in [0.1, 0.15) is 34.2 Å². The lowest BCUT2D eigenvalue weighted by molar-refractivity contribution is -0.171. The first-order valence-corrected chi connectivity index (χ1v) is 16.1. The van der Waals surface area contributed by atoms with Crippen molar-refractivity contribution in [2.45, 2.75) is 110 Å². The van der Waals surface area contributed by atoms with Gasteiger partial charge in [-0.25, -0.2) is 0 Å². The summed E-state index contributed by atoms with van der Waals surface area (Å²) in [5.74, 6) is -0.605. The number of hydrogen-bond acceptors (Lipinski definition) is 8. The number of allylic oxidation sites excluding steroid dienone is 6. The van der Waals surface area contributed by atoms with E-state index in [1.807, 2.05) is 52.8 Å². The zero-order chi connectivity index (χ0) is 33.4. The smallest absolute Gasteiger partial charge is 0.298 e. The molecule has 1 spiro atoms. The molecule has 244 valence electrons. The molecule has 5 atom stereocenters. The van der Waals surface area contributed by atoms with Gasteiger partial charge in [-0.15, -0.1) is 0 Å². The van der Waals surface area contributed by atoms with Crippen LogP contribution in [0, 0.1) is 11.8 Å². The Morgan fingerprint density at radius 2 is 1.74 bits per heavy atom. The van der Waals surface area contributed by atoms with E-state index in [1.54, 1.807) is 19.1 Å². The second-order valence-electron chi connectivity index (χ2n) is 14.6. The fraction of sp³-hybridized carbons (Fsp3) is 0.500. The molecule has 4 bridgehead atoms. The highest BCUT2D eigenvalue weighted by atomic mass is 16.6. The van der Waals surface area contributed by atoms with Crippen molar-refractivity contribution < 1.29 is 38.4 Å². The van der Waals surface area contributed by atoms with Crippen LogP contribution in [0.25, 0.3) is 6.08 Å². The average Bonchev–Trinajstić information content (AvgIpc) is 3.12. The summed E-state index contributed by atoms with van der Waals surface area (Å²) in [5, 5.41) is 11.8. The second-order valence-corrected chi connectivity index (χ2v) is 14.6. The number of carbonyl (C=O) groups excluding carboxylic acids is 3. The van der Waals surface area contributed by atoms with E-state index in [1.165, 1.54) is 5.57 Å². The Morgan fingerprint density at radius 3 is 2.41 bits per heavy atom. The molecular formula is C38H44O8. The SMILES string of the molecule is CC(C)=CCC[C@@]1(C)C=Cc2c(O)c3c(c(CC=C(C)C)c2O1)O[C@]12C(=C[C@@H]4CC1C(C)(C)O[C@]2(C/C=C(/C)OC=O)C4=O)C3=O. The van der Waals surface area contributed by atoms with Gasteiger partial charge in [0, 0.05) is 29.4 Å². The lowest BCUT2D eigenvalue weighted by atomic mass is 9.51. The number of aromatic hydroxyl groups is 1. The zero-order valence-electron chi connectivity index (χ0n) is 28.0. The number of benzene rings is 1. The van der Waals surface area contributed by atoms with Gasteiger partial charge in [0.25, 0.3) is 6.47 Å². The minimum Gasteiger partial charge on any atom is -0.506 e. The van der Waals surface area contributed by atoms with Crippen LogP contribution in [-0.2, 0) is 25.5 Å². The summed E-state index contributed by atoms with van der Waals surface area (Å²) in [6.07, 6.45) is 13.8. The zero-order valence-corrected chi connectivity index (χ0v) is 28.0. The van der Waals surface area contributed by atoms with Crippen LogP contribution in [0.15, 0.2) is 52.9 Å². The molecule has 2 fully saturated rings. The predicted molar refractivity (Wildman–Crippen MR) is 174 cm³/mol. The van der Waals surface area contributed by atoms with E-state index in [4.69, 9.17) is 18.9 Å². The van der Waals surface area contributed by atoms with Crippen LogP contribution in [0.1, 0.15) is 103 Å². The van der Waals surface area contributed by atoms with Crippen molar-refractivity contribution >= 4 is 24.1 Å². The van der Waals surface area contributed by atoms with E-state index >= 15 is 0 Å². The van der Waals surface area contributed by atoms with E-state index in [2.05, 4.69) is 19.9 Å². The van der Waals surface area contributed by atoms with Gasteiger partial charge in [0.05, 0.1) is 11.2 Å². The summed E-state index contributed by atoms with van der Waals surface area (Å²) in [6, 6.07) is 0. The molecule has 1 saturated heterocycles. The number of hydrogen-bond donors (Lipinski definition) is 1. The molecular weight excluding hydrogens is 584 g/mol. The lowest BCUT2D eigenvalue weighted by Gasteiger charge is -2.56. The predicted octanol–water partition coefficient (Wildman–Crippen LogP) is 7.29. The maximum atomic E-state index is 14.7. The number of phenols is 1. The highest BCUT2D eigenvalue weighted by Crippen LogP contribution is 2.68. The first kappa shape index (κ1) is 32.0. The first-order valence-electron chi connectivity index (χ1n) is 16.1. The van der Waals surface area contributed by atoms with Gasteiger partial charge in [-0.05, 0) is 99.3 Å². The fourth-order valence-corrected chi connectivity index (χ4v) is 8.20. The monoisotopic (exact) mass is 628 g/mol. The number of rotatable bonds is 9. The van der Waals surface area contributed by atoms with Crippen molar-refractivity contribution in [3.63, 3.8) is 0 Å². The molecule has 1 unspecified atom stereocenters. The molecule has 8 nitrogen and oxygen atoms in total. The van der Waals surface area contributed by atoms with Gasteiger partial charge >= 0.3 is 0 Å². The number of ketones is 2. The summed E-state index contributed by atoms with van der Waals surface area (Å²) in [4.78, 5) is 40.1. The lowest BCUT2D eigenvalue weighted by Crippen LogP contribution is -2.72. The van der Waals surface area contributed by atoms with E-state index < -0.39 is 28.3 Å². The maximum Gasteiger partial charge on any atom is 0.298 e. The van der Waals surface area contributed by atoms with Crippen LogP contribution in [0.3, 0.4) is 0 Å². The van der Waals surface area contributed by atoms with Crippen molar-refractivity contribution in [3.05, 3.63) is 69.5 Å². The number of fused-ring (bicyclic) bond motifs is 2. The molecule has 7 rings (SSSR count). The topological polar surface area (TPSA) is 108 Å². The fourth-order valence-electron chi connectivity index (χ4n) is 8.20. The third kappa shape index (κ3) is 4.55. The first-order chi connectivity index (χ1) is 21.6. The van der Waals surface area contributed by atoms with Crippen molar-refractivity contribution in [1.29, 1.82) is 0 Å². The highest BCUT2D eigenvalue weighted by Gasteiger charge is 2.81. The molecule has 1 N–H and O–H groups in total. The summed E-state index contributed by atoms with van der Waals surface area (Å²) in [5.41, 5.74) is -0.687. The van der Waals surface area contributed by atoms with E-state index in [0.29, 0.717) is 53.9 Å². The van der Waals surface area contributed by atoms with Crippen LogP contribution in [0.2, 0.25) is 0 Å². The van der Waals surface area contributed by atoms with E-state index in [9.17, 15) is 19.5 Å². The summed E-state index contributed by atoms with van der Waals surface area (Å²) in [7, 11) is 0. The minimum atomic E-state index is -1.55. The van der Waals surface area contributed by atoms with Crippen LogP contribution in [0.5, 0.6) is 17.2 Å². The molecule has 6 aliphatic rings. The van der Waals surface area contributed by atoms with Crippen molar-refractivity contribution in [1.82, 2.24) is 0 Å². The molecule has 1 aromatic rings. The summed E-state index contributed by atoms with van der Waals surface area (Å²) in [6.45, 7) is 16.0. The van der Waals surface area contributed by atoms with Gasteiger partial charge in [-0.2, -0.15) is 0 Å². The van der Waals surface area contributed by atoms with Gasteiger partial charge < -0.3 is 24.1 Å². The molecule has 0 amide bonds. The highest BCUT2D eigenvalue weighted by molar-refractivity contribution is 6.19. The third-order valence-corrected chi connectivity index (χ3v) is 10.4. The summed E-state index contributed by atoms with van der Waals surface area (Å²) < 4.78 is 25.7. The van der Waals surface area contributed by atoms with Gasteiger partial charge in [0.15, 0.2) is 22.8 Å². The number of Topliss-reactive ketones (excluding diaryl/α,β-unsaturated/α-hetero) is 2. The normalized spacial score (nSPS) is 31.1. The molecule has 1 aromatic carbocycles. The molecule has 0 aromatic heterocycles. The van der Waals surface area contributed by atoms with Gasteiger partial charge in [0.2, 0.25) is 0 Å². The standard InChI is InChI=1S/C38H44O8/c1-21(2)10-9-15-36(8)16-14-25-30(40)29-31(41)27-18-24-19-28-35(6,7)46-37(34(24)42,17-13-23(5)43-20-39)38(27,28)45-33(29)26(32(25)44-36)12-11-22(3)4/h10-11,13-14,16,18,20,24,28,40H,9,12,15,17,19H2,1-8H3/b23-13-/t24-,28?,36+,37-,38-/m1/s1. The van der Waals surface area contributed by atoms with Crippen molar-refractivity contribution in [3.8, 4) is 17.2 Å². The Hall–Kier alpha value is -3.91. The van der Waals surface area contributed by atoms with Crippen molar-refractivity contribution in [2.75, 3.05) is 0 Å². The number of carbonyl (C=O) groups is 3. The molecule has 3 aliphatic carbocycles. The Labute approximate surface area is 270 Å². The third-order valence-electron chi connectivity index (χ3n) is 10.4. The van der Waals surface area contributed by atoms with Crippen molar-refractivity contribution in [2.24, 2.45) is 11.8 Å². The second kappa shape index (κ2) is 10.8.